The molecule has 0 aliphatic heterocycles. The van der Waals surface area contributed by atoms with Crippen LogP contribution < -0.4 is 5.32 Å². The van der Waals surface area contributed by atoms with E-state index in [2.05, 4.69) is 10.4 Å². The quantitative estimate of drug-likeness (QED) is 0.548. The molecule has 140 valence electrons. The van der Waals surface area contributed by atoms with Crippen LogP contribution in [0.15, 0.2) is 28.7 Å². The maximum Gasteiger partial charge on any atom is 0.342 e. The van der Waals surface area contributed by atoms with Gasteiger partial charge in [-0.2, -0.15) is 5.10 Å². The van der Waals surface area contributed by atoms with Gasteiger partial charge in [-0.15, -0.1) is 0 Å². The van der Waals surface area contributed by atoms with E-state index in [0.29, 0.717) is 27.9 Å². The lowest BCUT2D eigenvalue weighted by Gasteiger charge is -2.07. The van der Waals surface area contributed by atoms with Crippen LogP contribution in [0, 0.1) is 13.8 Å². The van der Waals surface area contributed by atoms with Gasteiger partial charge >= 0.3 is 5.97 Å². The zero-order valence-electron chi connectivity index (χ0n) is 15.5. The number of nitrogens with one attached hydrogen (secondary N) is 1. The van der Waals surface area contributed by atoms with E-state index in [4.69, 9.17) is 9.15 Å². The molecule has 0 aliphatic rings. The van der Waals surface area contributed by atoms with Crippen molar-refractivity contribution in [2.45, 2.75) is 20.8 Å². The van der Waals surface area contributed by atoms with E-state index in [1.807, 2.05) is 0 Å². The first kappa shape index (κ1) is 18.4. The lowest BCUT2D eigenvalue weighted by atomic mass is 10.2. The summed E-state index contributed by atoms with van der Waals surface area (Å²) in [4.78, 5) is 36.3. The van der Waals surface area contributed by atoms with Crippen molar-refractivity contribution in [1.29, 1.82) is 0 Å². The molecule has 1 amide bonds. The summed E-state index contributed by atoms with van der Waals surface area (Å²) in [6.45, 7) is 4.29. The lowest BCUT2D eigenvalue weighted by molar-refractivity contribution is -0.119. The van der Waals surface area contributed by atoms with Crippen molar-refractivity contribution in [2.75, 3.05) is 11.9 Å². The van der Waals surface area contributed by atoms with Crippen molar-refractivity contribution in [1.82, 2.24) is 9.78 Å². The molecule has 8 heteroatoms. The number of esters is 1. The first-order chi connectivity index (χ1) is 12.8. The predicted molar refractivity (Wildman–Crippen MR) is 97.8 cm³/mol. The van der Waals surface area contributed by atoms with E-state index < -0.39 is 18.5 Å². The first-order valence-corrected chi connectivity index (χ1v) is 8.29. The van der Waals surface area contributed by atoms with Crippen molar-refractivity contribution >= 4 is 34.3 Å². The Morgan fingerprint density at radius 3 is 2.56 bits per heavy atom. The molecule has 0 aliphatic carbocycles. The Morgan fingerprint density at radius 1 is 1.22 bits per heavy atom. The molecule has 1 aromatic carbocycles. The monoisotopic (exact) mass is 369 g/mol. The Kier molecular flexibility index (Phi) is 4.81. The summed E-state index contributed by atoms with van der Waals surface area (Å²) >= 11 is 0. The number of aryl methyl sites for hydroxylation is 2. The topological polar surface area (TPSA) is 103 Å². The number of rotatable bonds is 5. The summed E-state index contributed by atoms with van der Waals surface area (Å²) < 4.78 is 12.2. The number of aromatic nitrogens is 2. The van der Waals surface area contributed by atoms with Gasteiger partial charge < -0.3 is 14.5 Å². The van der Waals surface area contributed by atoms with Crippen molar-refractivity contribution in [3.63, 3.8) is 0 Å². The molecule has 0 saturated heterocycles. The molecule has 8 nitrogen and oxygen atoms in total. The Labute approximate surface area is 155 Å². The molecule has 0 fully saturated rings. The SMILES string of the molecule is CC(=O)c1oc2ccccc2c1NC(=O)COC(=O)c1c(C)nn(C)c1C. The summed E-state index contributed by atoms with van der Waals surface area (Å²) in [7, 11) is 1.72. The van der Waals surface area contributed by atoms with E-state index in [0.717, 1.165) is 0 Å². The number of fused-ring (bicyclic) bond motifs is 1. The summed E-state index contributed by atoms with van der Waals surface area (Å²) in [6.07, 6.45) is 0. The number of amides is 1. The maximum absolute atomic E-state index is 12.3. The molecular weight excluding hydrogens is 350 g/mol. The molecule has 2 heterocycles. The van der Waals surface area contributed by atoms with E-state index in [9.17, 15) is 14.4 Å². The fraction of sp³-hybridized carbons (Fsp3) is 0.263. The Hall–Kier alpha value is -3.42. The van der Waals surface area contributed by atoms with E-state index in [-0.39, 0.29) is 17.2 Å². The van der Waals surface area contributed by atoms with Crippen molar-refractivity contribution in [3.8, 4) is 0 Å². The van der Waals surface area contributed by atoms with E-state index in [1.165, 1.54) is 6.92 Å². The lowest BCUT2D eigenvalue weighted by Crippen LogP contribution is -2.22. The number of anilines is 1. The molecular formula is C19H19N3O5. The number of hydrogen-bond donors (Lipinski definition) is 1. The summed E-state index contributed by atoms with van der Waals surface area (Å²) in [6, 6.07) is 6.97. The fourth-order valence-electron chi connectivity index (χ4n) is 2.87. The normalized spacial score (nSPS) is 10.8. The fourth-order valence-corrected chi connectivity index (χ4v) is 2.87. The maximum atomic E-state index is 12.3. The van der Waals surface area contributed by atoms with Crippen LogP contribution in [0.1, 0.15) is 39.2 Å². The second-order valence-corrected chi connectivity index (χ2v) is 6.15. The largest absolute Gasteiger partial charge is 0.452 e. The number of carbonyl (C=O) groups is 3. The molecule has 0 spiro atoms. The van der Waals surface area contributed by atoms with Crippen LogP contribution in [0.4, 0.5) is 5.69 Å². The van der Waals surface area contributed by atoms with Gasteiger partial charge in [0, 0.05) is 25.1 Å². The molecule has 0 radical (unpaired) electrons. The minimum absolute atomic E-state index is 0.0508. The zero-order valence-corrected chi connectivity index (χ0v) is 15.5. The van der Waals surface area contributed by atoms with Crippen LogP contribution in [0.2, 0.25) is 0 Å². The summed E-state index contributed by atoms with van der Waals surface area (Å²) in [5.41, 5.74) is 2.27. The molecule has 1 N–H and O–H groups in total. The van der Waals surface area contributed by atoms with Crippen LogP contribution in [0.5, 0.6) is 0 Å². The van der Waals surface area contributed by atoms with Gasteiger partial charge in [-0.25, -0.2) is 4.79 Å². The second kappa shape index (κ2) is 7.06. The standard InChI is InChI=1S/C19H19N3O5/c1-10-16(11(2)22(4)21-10)19(25)26-9-15(24)20-17-13-7-5-6-8-14(13)27-18(17)12(3)23/h5-8H,9H2,1-4H3,(H,20,24). The van der Waals surface area contributed by atoms with E-state index >= 15 is 0 Å². The molecule has 0 bridgehead atoms. The second-order valence-electron chi connectivity index (χ2n) is 6.15. The van der Waals surface area contributed by atoms with Crippen molar-refractivity contribution < 1.29 is 23.5 Å². The Balaban J connectivity index is 1.75. The van der Waals surface area contributed by atoms with E-state index in [1.54, 1.807) is 49.8 Å². The number of ether oxygens (including phenoxy) is 1. The van der Waals surface area contributed by atoms with Gasteiger partial charge in [-0.3, -0.25) is 14.3 Å². The van der Waals surface area contributed by atoms with Crippen LogP contribution in [-0.4, -0.2) is 34.0 Å². The van der Waals surface area contributed by atoms with Crippen LogP contribution in [0.25, 0.3) is 11.0 Å². The Bertz CT molecular complexity index is 1060. The highest BCUT2D eigenvalue weighted by molar-refractivity contribution is 6.11. The number of ketones is 1. The molecule has 2 aromatic heterocycles. The number of para-hydroxylation sites is 1. The van der Waals surface area contributed by atoms with Crippen molar-refractivity contribution in [2.24, 2.45) is 7.05 Å². The number of carbonyl (C=O) groups excluding carboxylic acids is 3. The van der Waals surface area contributed by atoms with Gasteiger partial charge in [-0.1, -0.05) is 12.1 Å². The number of benzene rings is 1. The van der Waals surface area contributed by atoms with Gasteiger partial charge in [0.15, 0.2) is 18.2 Å². The molecule has 27 heavy (non-hydrogen) atoms. The average Bonchev–Trinajstić information content (AvgIpc) is 3.10. The number of hydrogen-bond acceptors (Lipinski definition) is 6. The minimum Gasteiger partial charge on any atom is -0.452 e. The number of nitrogens with zero attached hydrogens (tertiary/aromatic N) is 2. The van der Waals surface area contributed by atoms with Gasteiger partial charge in [0.05, 0.1) is 11.4 Å². The molecule has 0 unspecified atom stereocenters. The minimum atomic E-state index is -0.628. The van der Waals surface area contributed by atoms with Gasteiger partial charge in [-0.05, 0) is 26.0 Å². The summed E-state index contributed by atoms with van der Waals surface area (Å²) in [5, 5.41) is 7.35. The molecule has 3 rings (SSSR count). The number of Topliss-reactive ketones (excluding diaryl/α,β-unsaturated/α-hetero) is 1. The highest BCUT2D eigenvalue weighted by Gasteiger charge is 2.22. The summed E-state index contributed by atoms with van der Waals surface area (Å²) in [5.74, 6) is -1.47. The first-order valence-electron chi connectivity index (χ1n) is 8.29. The van der Waals surface area contributed by atoms with Crippen LogP contribution in [0.3, 0.4) is 0 Å². The van der Waals surface area contributed by atoms with Gasteiger partial charge in [0.25, 0.3) is 5.91 Å². The van der Waals surface area contributed by atoms with Crippen LogP contribution in [-0.2, 0) is 16.6 Å². The third kappa shape index (κ3) is 3.46. The molecule has 0 saturated carbocycles. The van der Waals surface area contributed by atoms with Crippen LogP contribution >= 0.6 is 0 Å². The van der Waals surface area contributed by atoms with Gasteiger partial charge in [0.2, 0.25) is 0 Å². The highest BCUT2D eigenvalue weighted by Crippen LogP contribution is 2.31. The number of furan rings is 1. The predicted octanol–water partition coefficient (Wildman–Crippen LogP) is 2.78. The molecule has 0 atom stereocenters. The highest BCUT2D eigenvalue weighted by atomic mass is 16.5. The average molecular weight is 369 g/mol. The smallest absolute Gasteiger partial charge is 0.342 e. The Morgan fingerprint density at radius 2 is 1.93 bits per heavy atom. The molecule has 3 aromatic rings. The third-order valence-corrected chi connectivity index (χ3v) is 4.23. The van der Waals surface area contributed by atoms with Gasteiger partial charge in [0.1, 0.15) is 11.1 Å². The zero-order chi connectivity index (χ0) is 19.7. The third-order valence-electron chi connectivity index (χ3n) is 4.23. The van der Waals surface area contributed by atoms with Crippen molar-refractivity contribution in [3.05, 3.63) is 47.0 Å².